The van der Waals surface area contributed by atoms with Gasteiger partial charge in [-0.15, -0.1) is 11.8 Å². The van der Waals surface area contributed by atoms with Crippen molar-refractivity contribution in [3.05, 3.63) is 138 Å². The Bertz CT molecular complexity index is 1020. The molecule has 174 valence electrons. The van der Waals surface area contributed by atoms with Crippen LogP contribution in [0.2, 0.25) is 0 Å². The summed E-state index contributed by atoms with van der Waals surface area (Å²) in [7, 11) is 0. The Morgan fingerprint density at radius 3 is 1.53 bits per heavy atom. The number of benzene rings is 4. The molecule has 2 N–H and O–H groups in total. The summed E-state index contributed by atoms with van der Waals surface area (Å²) in [5.74, 6) is 1.25. The lowest BCUT2D eigenvalue weighted by molar-refractivity contribution is 0.163. The Kier molecular flexibility index (Phi) is 8.46. The Hall–Kier alpha value is -3.01. The molecule has 0 saturated carbocycles. The quantitative estimate of drug-likeness (QED) is 0.175. The number of hydrogen-bond acceptors (Lipinski definition) is 3. The summed E-state index contributed by atoms with van der Waals surface area (Å²) in [6, 6.07) is 39.3. The summed E-state index contributed by atoms with van der Waals surface area (Å²) in [6.07, 6.45) is 3.37. The van der Waals surface area contributed by atoms with E-state index >= 15 is 0 Å². The molecule has 0 amide bonds. The van der Waals surface area contributed by atoms with Crippen molar-refractivity contribution >= 4 is 11.8 Å². The third-order valence-electron chi connectivity index (χ3n) is 6.26. The number of aromatic hydroxyl groups is 1. The standard InChI is InChI=1S/C31H32O2S/c32-29-22-20-25(21-23-29)30(33)19-11-4-12-24-34-31(26-13-5-1-6-14-26,27-15-7-2-8-16-27)28-17-9-3-10-18-28/h1-3,5-10,13-18,20-23,30,32-33H,4,11-12,19,24H2. The van der Waals surface area contributed by atoms with Gasteiger partial charge >= 0.3 is 0 Å². The summed E-state index contributed by atoms with van der Waals surface area (Å²) in [5.41, 5.74) is 4.74. The van der Waals surface area contributed by atoms with Crippen molar-refractivity contribution in [1.82, 2.24) is 0 Å². The molecule has 1 unspecified atom stereocenters. The van der Waals surface area contributed by atoms with Crippen molar-refractivity contribution in [2.45, 2.75) is 36.5 Å². The molecule has 0 aliphatic rings. The molecule has 0 heterocycles. The lowest BCUT2D eigenvalue weighted by Gasteiger charge is -2.35. The zero-order valence-electron chi connectivity index (χ0n) is 19.4. The Morgan fingerprint density at radius 1 is 0.588 bits per heavy atom. The van der Waals surface area contributed by atoms with Crippen molar-refractivity contribution in [3.63, 3.8) is 0 Å². The van der Waals surface area contributed by atoms with Crippen molar-refractivity contribution in [2.75, 3.05) is 5.75 Å². The van der Waals surface area contributed by atoms with Crippen LogP contribution in [-0.4, -0.2) is 16.0 Å². The minimum Gasteiger partial charge on any atom is -0.508 e. The van der Waals surface area contributed by atoms with E-state index in [4.69, 9.17) is 0 Å². The van der Waals surface area contributed by atoms with E-state index < -0.39 is 6.10 Å². The molecule has 34 heavy (non-hydrogen) atoms. The smallest absolute Gasteiger partial charge is 0.115 e. The van der Waals surface area contributed by atoms with Gasteiger partial charge in [0.25, 0.3) is 0 Å². The highest BCUT2D eigenvalue weighted by Crippen LogP contribution is 2.48. The van der Waals surface area contributed by atoms with Crippen LogP contribution in [0.3, 0.4) is 0 Å². The van der Waals surface area contributed by atoms with Crippen molar-refractivity contribution < 1.29 is 10.2 Å². The fourth-order valence-corrected chi connectivity index (χ4v) is 6.04. The number of aliphatic hydroxyl groups excluding tert-OH is 1. The normalized spacial score (nSPS) is 12.4. The molecule has 0 saturated heterocycles. The van der Waals surface area contributed by atoms with Crippen LogP contribution in [-0.2, 0) is 4.75 Å². The molecule has 1 atom stereocenters. The highest BCUT2D eigenvalue weighted by Gasteiger charge is 2.36. The van der Waals surface area contributed by atoms with Crippen LogP contribution in [0.4, 0.5) is 0 Å². The second kappa shape index (κ2) is 11.9. The molecule has 0 aromatic heterocycles. The monoisotopic (exact) mass is 468 g/mol. The maximum atomic E-state index is 10.5. The number of rotatable bonds is 11. The lowest BCUT2D eigenvalue weighted by Crippen LogP contribution is -2.26. The molecule has 4 aromatic carbocycles. The van der Waals surface area contributed by atoms with E-state index in [2.05, 4.69) is 91.0 Å². The first kappa shape index (κ1) is 24.1. The van der Waals surface area contributed by atoms with E-state index in [-0.39, 0.29) is 10.5 Å². The van der Waals surface area contributed by atoms with Crippen LogP contribution >= 0.6 is 11.8 Å². The molecule has 2 nitrogen and oxygen atoms in total. The van der Waals surface area contributed by atoms with Gasteiger partial charge in [-0.1, -0.05) is 116 Å². The van der Waals surface area contributed by atoms with Crippen LogP contribution < -0.4 is 0 Å². The van der Waals surface area contributed by atoms with Gasteiger partial charge in [0.05, 0.1) is 10.9 Å². The third kappa shape index (κ3) is 5.72. The predicted molar refractivity (Wildman–Crippen MR) is 143 cm³/mol. The van der Waals surface area contributed by atoms with Gasteiger partial charge in [-0.25, -0.2) is 0 Å². The second-order valence-corrected chi connectivity index (χ2v) is 9.89. The van der Waals surface area contributed by atoms with Gasteiger partial charge < -0.3 is 10.2 Å². The number of phenolic OH excluding ortho intramolecular Hbond substituents is 1. The Labute approximate surface area is 207 Å². The predicted octanol–water partition coefficient (Wildman–Crippen LogP) is 7.71. The molecular weight excluding hydrogens is 436 g/mol. The minimum absolute atomic E-state index is 0.228. The molecule has 4 aromatic rings. The Morgan fingerprint density at radius 2 is 1.06 bits per heavy atom. The summed E-state index contributed by atoms with van der Waals surface area (Å²) in [6.45, 7) is 0. The average Bonchev–Trinajstić information content (AvgIpc) is 2.90. The molecule has 0 aliphatic carbocycles. The van der Waals surface area contributed by atoms with Crippen molar-refractivity contribution in [3.8, 4) is 5.75 Å². The van der Waals surface area contributed by atoms with Gasteiger partial charge in [-0.05, 0) is 53.0 Å². The van der Waals surface area contributed by atoms with E-state index in [1.54, 1.807) is 24.3 Å². The molecule has 0 radical (unpaired) electrons. The minimum atomic E-state index is -0.481. The first-order valence-corrected chi connectivity index (χ1v) is 13.0. The maximum Gasteiger partial charge on any atom is 0.115 e. The van der Waals surface area contributed by atoms with Gasteiger partial charge in [0.1, 0.15) is 5.75 Å². The highest BCUT2D eigenvalue weighted by atomic mass is 32.2. The van der Waals surface area contributed by atoms with Gasteiger partial charge in [-0.2, -0.15) is 0 Å². The molecule has 0 spiro atoms. The number of phenols is 1. The molecule has 4 rings (SSSR count). The topological polar surface area (TPSA) is 40.5 Å². The summed E-state index contributed by atoms with van der Waals surface area (Å²) in [4.78, 5) is 0. The molecule has 0 aliphatic heterocycles. The van der Waals surface area contributed by atoms with E-state index in [9.17, 15) is 10.2 Å². The van der Waals surface area contributed by atoms with Crippen molar-refractivity contribution in [2.24, 2.45) is 0 Å². The molecule has 0 fully saturated rings. The van der Waals surface area contributed by atoms with Crippen LogP contribution in [0.15, 0.2) is 115 Å². The summed E-state index contributed by atoms with van der Waals surface area (Å²) >= 11 is 1.99. The second-order valence-electron chi connectivity index (χ2n) is 8.58. The number of thioether (sulfide) groups is 1. The van der Waals surface area contributed by atoms with Crippen LogP contribution in [0, 0.1) is 0 Å². The van der Waals surface area contributed by atoms with E-state index in [0.29, 0.717) is 0 Å². The SMILES string of the molecule is Oc1ccc(C(O)CCCCCSC(c2ccccc2)(c2ccccc2)c2ccccc2)cc1. The Balaban J connectivity index is 1.46. The fourth-order valence-electron chi connectivity index (χ4n) is 4.47. The van der Waals surface area contributed by atoms with Crippen molar-refractivity contribution in [1.29, 1.82) is 0 Å². The van der Waals surface area contributed by atoms with Gasteiger partial charge in [0.2, 0.25) is 0 Å². The van der Waals surface area contributed by atoms with E-state index in [1.165, 1.54) is 16.7 Å². The highest BCUT2D eigenvalue weighted by molar-refractivity contribution is 8.00. The van der Waals surface area contributed by atoms with E-state index in [1.807, 2.05) is 11.8 Å². The van der Waals surface area contributed by atoms with Crippen LogP contribution in [0.5, 0.6) is 5.75 Å². The van der Waals surface area contributed by atoms with Gasteiger partial charge in [-0.3, -0.25) is 0 Å². The first-order chi connectivity index (χ1) is 16.7. The zero-order chi connectivity index (χ0) is 23.6. The number of unbranched alkanes of at least 4 members (excludes halogenated alkanes) is 2. The zero-order valence-corrected chi connectivity index (χ0v) is 20.2. The van der Waals surface area contributed by atoms with Gasteiger partial charge in [0.15, 0.2) is 0 Å². The fraction of sp³-hybridized carbons (Fsp3) is 0.226. The molecule has 3 heteroatoms. The van der Waals surface area contributed by atoms with E-state index in [0.717, 1.165) is 37.0 Å². The lowest BCUT2D eigenvalue weighted by atomic mass is 9.84. The largest absolute Gasteiger partial charge is 0.508 e. The third-order valence-corrected chi connectivity index (χ3v) is 7.89. The first-order valence-electron chi connectivity index (χ1n) is 12.0. The maximum absolute atomic E-state index is 10.5. The number of aliphatic hydroxyl groups is 1. The molecule has 0 bridgehead atoms. The summed E-state index contributed by atoms with van der Waals surface area (Å²) < 4.78 is -0.269. The van der Waals surface area contributed by atoms with Crippen LogP contribution in [0.25, 0.3) is 0 Å². The number of hydrogen-bond donors (Lipinski definition) is 2. The average molecular weight is 469 g/mol. The molecular formula is C31H32O2S. The summed E-state index contributed by atoms with van der Waals surface area (Å²) in [5, 5.41) is 19.9. The van der Waals surface area contributed by atoms with Crippen LogP contribution in [0.1, 0.15) is 54.0 Å². The van der Waals surface area contributed by atoms with Gasteiger partial charge in [0, 0.05) is 0 Å².